The number of nitrogens with one attached hydrogen (secondary N) is 1. The molecule has 7 heteroatoms. The number of carboxylic acids is 1. The molecule has 1 atom stereocenters. The van der Waals surface area contributed by atoms with Crippen LogP contribution in [-0.4, -0.2) is 41.4 Å². The minimum Gasteiger partial charge on any atom is -0.480 e. The van der Waals surface area contributed by atoms with Crippen molar-refractivity contribution in [1.82, 2.24) is 5.32 Å². The van der Waals surface area contributed by atoms with Crippen LogP contribution in [0.4, 0.5) is 0 Å². The molecular formula is C13H23NO5S. The second-order valence-corrected chi connectivity index (χ2v) is 8.66. The smallest absolute Gasteiger partial charge is 0.324 e. The molecule has 0 radical (unpaired) electrons. The molecule has 0 aromatic heterocycles. The average Bonchev–Trinajstić information content (AvgIpc) is 2.38. The molecule has 2 N–H and O–H groups in total. The summed E-state index contributed by atoms with van der Waals surface area (Å²) in [6, 6.07) is 0.00170. The molecule has 0 heterocycles. The second kappa shape index (κ2) is 6.11. The Morgan fingerprint density at radius 1 is 1.20 bits per heavy atom. The van der Waals surface area contributed by atoms with Crippen LogP contribution in [0.15, 0.2) is 0 Å². The first-order chi connectivity index (χ1) is 9.10. The normalized spacial score (nSPS) is 19.4. The lowest BCUT2D eigenvalue weighted by Gasteiger charge is -2.27. The van der Waals surface area contributed by atoms with E-state index in [4.69, 9.17) is 5.11 Å². The minimum absolute atomic E-state index is 0.00170. The van der Waals surface area contributed by atoms with E-state index in [1.54, 1.807) is 0 Å². The fourth-order valence-electron chi connectivity index (χ4n) is 2.27. The van der Waals surface area contributed by atoms with Crippen molar-refractivity contribution in [3.05, 3.63) is 0 Å². The molecule has 116 valence electrons. The van der Waals surface area contributed by atoms with E-state index in [-0.39, 0.29) is 6.04 Å². The van der Waals surface area contributed by atoms with Crippen molar-refractivity contribution in [2.24, 2.45) is 0 Å². The number of rotatable bonds is 5. The van der Waals surface area contributed by atoms with E-state index in [1.165, 1.54) is 6.92 Å². The van der Waals surface area contributed by atoms with Crippen molar-refractivity contribution in [2.45, 2.75) is 68.9 Å². The third kappa shape index (κ3) is 3.31. The predicted octanol–water partition coefficient (Wildman–Crippen LogP) is 1.10. The number of aliphatic carboxylic acids is 1. The molecule has 1 aliphatic carbocycles. The second-order valence-electron chi connectivity index (χ2n) is 5.85. The zero-order valence-electron chi connectivity index (χ0n) is 12.2. The van der Waals surface area contributed by atoms with Crippen LogP contribution in [0.1, 0.15) is 52.9 Å². The maximum atomic E-state index is 12.2. The first kappa shape index (κ1) is 16.9. The molecule has 1 fully saturated rings. The van der Waals surface area contributed by atoms with Crippen LogP contribution in [0.2, 0.25) is 0 Å². The topological polar surface area (TPSA) is 101 Å². The van der Waals surface area contributed by atoms with Gasteiger partial charge in [0.25, 0.3) is 0 Å². The van der Waals surface area contributed by atoms with E-state index in [2.05, 4.69) is 5.32 Å². The number of hydrogen-bond acceptors (Lipinski definition) is 4. The molecule has 6 nitrogen and oxygen atoms in total. The minimum atomic E-state index is -4.10. The monoisotopic (exact) mass is 305 g/mol. The van der Waals surface area contributed by atoms with E-state index in [0.29, 0.717) is 0 Å². The van der Waals surface area contributed by atoms with Crippen molar-refractivity contribution in [1.29, 1.82) is 0 Å². The lowest BCUT2D eigenvalue weighted by molar-refractivity contribution is -0.139. The molecule has 0 aromatic rings. The van der Waals surface area contributed by atoms with Crippen molar-refractivity contribution in [2.75, 3.05) is 0 Å². The quantitative estimate of drug-likeness (QED) is 0.792. The lowest BCUT2D eigenvalue weighted by Crippen LogP contribution is -2.51. The van der Waals surface area contributed by atoms with E-state index in [9.17, 15) is 18.0 Å². The summed E-state index contributed by atoms with van der Waals surface area (Å²) in [6.07, 6.45) is 4.87. The maximum Gasteiger partial charge on any atom is 0.324 e. The molecule has 0 spiro atoms. The molecule has 0 aliphatic heterocycles. The van der Waals surface area contributed by atoms with E-state index in [0.717, 1.165) is 46.0 Å². The lowest BCUT2D eigenvalue weighted by atomic mass is 9.95. The number of carboxylic acid groups (broad SMARTS) is 1. The van der Waals surface area contributed by atoms with Crippen LogP contribution in [0.25, 0.3) is 0 Å². The summed E-state index contributed by atoms with van der Waals surface area (Å²) < 4.78 is 22.5. The van der Waals surface area contributed by atoms with Gasteiger partial charge in [-0.1, -0.05) is 19.3 Å². The van der Waals surface area contributed by atoms with Crippen molar-refractivity contribution in [3.8, 4) is 0 Å². The molecule has 0 aromatic carbocycles. The molecule has 1 amide bonds. The Kier molecular flexibility index (Phi) is 5.18. The van der Waals surface area contributed by atoms with Gasteiger partial charge in [0.15, 0.2) is 14.6 Å². The molecule has 1 rings (SSSR count). The van der Waals surface area contributed by atoms with Crippen LogP contribution >= 0.6 is 0 Å². The molecule has 20 heavy (non-hydrogen) atoms. The number of carbonyl (C=O) groups is 2. The summed E-state index contributed by atoms with van der Waals surface area (Å²) in [4.78, 5) is 23.1. The standard InChI is InChI=1S/C13H23NO5S/c1-9(20(18,19)13(2,3)12(16)17)11(15)14-10-7-5-4-6-8-10/h9-10H,4-8H2,1-3H3,(H,14,15)(H,16,17). The third-order valence-corrected chi connectivity index (χ3v) is 6.75. The van der Waals surface area contributed by atoms with Gasteiger partial charge in [0.1, 0.15) is 5.25 Å². The first-order valence-electron chi connectivity index (χ1n) is 6.88. The van der Waals surface area contributed by atoms with Gasteiger partial charge in [-0.2, -0.15) is 0 Å². The summed E-state index contributed by atoms with van der Waals surface area (Å²) in [6.45, 7) is 3.46. The zero-order chi connectivity index (χ0) is 15.6. The molecule has 1 aliphatic rings. The summed E-state index contributed by atoms with van der Waals surface area (Å²) in [5, 5.41) is 10.4. The highest BCUT2D eigenvalue weighted by Gasteiger charge is 2.47. The van der Waals surface area contributed by atoms with Crippen LogP contribution in [0.3, 0.4) is 0 Å². The number of hydrogen-bond donors (Lipinski definition) is 2. The first-order valence-corrected chi connectivity index (χ1v) is 8.42. The van der Waals surface area contributed by atoms with Crippen LogP contribution in [0.5, 0.6) is 0 Å². The van der Waals surface area contributed by atoms with E-state index < -0.39 is 31.7 Å². The number of carbonyl (C=O) groups excluding carboxylic acids is 1. The van der Waals surface area contributed by atoms with Gasteiger partial charge < -0.3 is 10.4 Å². The number of amides is 1. The van der Waals surface area contributed by atoms with Crippen molar-refractivity contribution < 1.29 is 23.1 Å². The Bertz CT molecular complexity index is 477. The van der Waals surface area contributed by atoms with Gasteiger partial charge in [-0.05, 0) is 33.6 Å². The molecule has 1 unspecified atom stereocenters. The third-order valence-electron chi connectivity index (χ3n) is 4.01. The molecule has 0 bridgehead atoms. The van der Waals surface area contributed by atoms with Gasteiger partial charge in [-0.25, -0.2) is 8.42 Å². The fraction of sp³-hybridized carbons (Fsp3) is 0.846. The Labute approximate surface area is 119 Å². The Balaban J connectivity index is 2.80. The van der Waals surface area contributed by atoms with Gasteiger partial charge in [0.2, 0.25) is 5.91 Å². The maximum absolute atomic E-state index is 12.2. The van der Waals surface area contributed by atoms with Crippen molar-refractivity contribution >= 4 is 21.7 Å². The summed E-state index contributed by atoms with van der Waals surface area (Å²) in [7, 11) is -4.10. The Morgan fingerprint density at radius 2 is 1.70 bits per heavy atom. The average molecular weight is 305 g/mol. The zero-order valence-corrected chi connectivity index (χ0v) is 13.0. The number of sulfone groups is 1. The predicted molar refractivity (Wildman–Crippen MR) is 75.1 cm³/mol. The molecule has 1 saturated carbocycles. The molecule has 0 saturated heterocycles. The van der Waals surface area contributed by atoms with Crippen LogP contribution in [0, 0.1) is 0 Å². The van der Waals surface area contributed by atoms with Crippen LogP contribution in [-0.2, 0) is 19.4 Å². The largest absolute Gasteiger partial charge is 0.480 e. The summed E-state index contributed by atoms with van der Waals surface area (Å²) in [5.74, 6) is -2.05. The van der Waals surface area contributed by atoms with E-state index >= 15 is 0 Å². The van der Waals surface area contributed by atoms with Gasteiger partial charge in [-0.3, -0.25) is 9.59 Å². The fourth-order valence-corrected chi connectivity index (χ4v) is 3.75. The van der Waals surface area contributed by atoms with Crippen LogP contribution < -0.4 is 5.32 Å². The van der Waals surface area contributed by atoms with Gasteiger partial charge in [0.05, 0.1) is 0 Å². The SMILES string of the molecule is CC(C(=O)NC1CCCCC1)S(=O)(=O)C(C)(C)C(=O)O. The highest BCUT2D eigenvalue weighted by molar-refractivity contribution is 7.94. The highest BCUT2D eigenvalue weighted by Crippen LogP contribution is 2.23. The highest BCUT2D eigenvalue weighted by atomic mass is 32.2. The van der Waals surface area contributed by atoms with Crippen molar-refractivity contribution in [3.63, 3.8) is 0 Å². The Morgan fingerprint density at radius 3 is 2.15 bits per heavy atom. The summed E-state index contributed by atoms with van der Waals surface area (Å²) >= 11 is 0. The van der Waals surface area contributed by atoms with Gasteiger partial charge in [0, 0.05) is 6.04 Å². The Hall–Kier alpha value is -1.11. The van der Waals surface area contributed by atoms with Gasteiger partial charge >= 0.3 is 5.97 Å². The van der Waals surface area contributed by atoms with Gasteiger partial charge in [-0.15, -0.1) is 0 Å². The van der Waals surface area contributed by atoms with E-state index in [1.807, 2.05) is 0 Å². The summed E-state index contributed by atoms with van der Waals surface area (Å²) in [5.41, 5.74) is 0. The molecular weight excluding hydrogens is 282 g/mol.